The number of cyclic esters (lactones) is 1. The Labute approximate surface area is 305 Å². The van der Waals surface area contributed by atoms with Crippen LogP contribution in [0.2, 0.25) is 0 Å². The maximum absolute atomic E-state index is 13.8. The van der Waals surface area contributed by atoms with E-state index in [1.165, 1.54) is 14.2 Å². The van der Waals surface area contributed by atoms with Gasteiger partial charge in [0.15, 0.2) is 35.6 Å². The molecule has 14 heteroatoms. The van der Waals surface area contributed by atoms with Crippen LogP contribution in [-0.4, -0.2) is 94.0 Å². The number of hydrogen-bond donors (Lipinski definition) is 2. The van der Waals surface area contributed by atoms with Crippen LogP contribution in [0.1, 0.15) is 41.2 Å². The van der Waals surface area contributed by atoms with Crippen LogP contribution in [0.4, 0.5) is 0 Å². The molecule has 14 nitrogen and oxygen atoms in total. The summed E-state index contributed by atoms with van der Waals surface area (Å²) in [5.41, 5.74) is 2.84. The third-order valence-corrected chi connectivity index (χ3v) is 10.4. The van der Waals surface area contributed by atoms with Crippen molar-refractivity contribution in [2.24, 2.45) is 11.8 Å². The molecule has 3 fully saturated rings. The minimum absolute atomic E-state index is 0.0199. The summed E-state index contributed by atoms with van der Waals surface area (Å²) in [5.74, 6) is 2.89. The standard InChI is InChI=1S/C39H40O14/c1-5-10-45-25-9-7-6-8-20(25)15-47-36-28(43-3)11-21(12-29(36)44-4)31-22-13-26-27(50-18-49-26)14-23(22)35(24-16-48-38(42)32(24)31)53-39-34(41)33(40)37-30(52-39)17-46-19(2)51-37/h1,6-9,11-14,19,24,30-35,37,39-41H,10,15-18H2,2-4H3/t19-,24+,30-,31-,32+,33-,34-,35-,37-,39+/m1/s1. The molecule has 0 saturated carbocycles. The Hall–Kier alpha value is -4.75. The Morgan fingerprint density at radius 1 is 0.887 bits per heavy atom. The van der Waals surface area contributed by atoms with Crippen LogP contribution in [0.15, 0.2) is 48.5 Å². The summed E-state index contributed by atoms with van der Waals surface area (Å²) in [5, 5.41) is 22.3. The lowest BCUT2D eigenvalue weighted by molar-refractivity contribution is -0.364. The normalized spacial score (nSPS) is 31.0. The average molecular weight is 733 g/mol. The fourth-order valence-corrected chi connectivity index (χ4v) is 7.90. The first-order chi connectivity index (χ1) is 25.8. The molecule has 0 aromatic heterocycles. The highest BCUT2D eigenvalue weighted by Crippen LogP contribution is 2.57. The molecule has 5 aliphatic rings. The number of hydrogen-bond acceptors (Lipinski definition) is 14. The maximum Gasteiger partial charge on any atom is 0.310 e. The van der Waals surface area contributed by atoms with Crippen LogP contribution in [0.25, 0.3) is 0 Å². The van der Waals surface area contributed by atoms with Crippen molar-refractivity contribution in [3.05, 3.63) is 70.8 Å². The summed E-state index contributed by atoms with van der Waals surface area (Å²) < 4.78 is 65.0. The highest BCUT2D eigenvalue weighted by atomic mass is 16.8. The summed E-state index contributed by atoms with van der Waals surface area (Å²) in [6.07, 6.45) is -1.51. The quantitative estimate of drug-likeness (QED) is 0.231. The molecular weight excluding hydrogens is 692 g/mol. The monoisotopic (exact) mass is 732 g/mol. The average Bonchev–Trinajstić information content (AvgIpc) is 3.80. The van der Waals surface area contributed by atoms with Gasteiger partial charge in [0.25, 0.3) is 0 Å². The summed E-state index contributed by atoms with van der Waals surface area (Å²) in [6.45, 7) is 2.14. The van der Waals surface area contributed by atoms with Crippen molar-refractivity contribution in [1.82, 2.24) is 0 Å². The van der Waals surface area contributed by atoms with E-state index in [1.54, 1.807) is 6.92 Å². The van der Waals surface area contributed by atoms with Gasteiger partial charge in [-0.2, -0.15) is 0 Å². The Kier molecular flexibility index (Phi) is 9.71. The van der Waals surface area contributed by atoms with Gasteiger partial charge in [0.05, 0.1) is 39.5 Å². The van der Waals surface area contributed by atoms with Crippen LogP contribution < -0.4 is 28.4 Å². The van der Waals surface area contributed by atoms with E-state index >= 15 is 0 Å². The fourth-order valence-electron chi connectivity index (χ4n) is 7.90. The molecule has 4 aliphatic heterocycles. The van der Waals surface area contributed by atoms with Gasteiger partial charge in [-0.15, -0.1) is 6.42 Å². The molecule has 0 amide bonds. The second-order valence-electron chi connectivity index (χ2n) is 13.4. The van der Waals surface area contributed by atoms with Crippen molar-refractivity contribution >= 4 is 5.97 Å². The van der Waals surface area contributed by atoms with Gasteiger partial charge < -0.3 is 62.3 Å². The number of benzene rings is 3. The van der Waals surface area contributed by atoms with Crippen LogP contribution in [0, 0.1) is 24.2 Å². The molecule has 8 rings (SSSR count). The Morgan fingerprint density at radius 3 is 2.36 bits per heavy atom. The van der Waals surface area contributed by atoms with Crippen molar-refractivity contribution in [2.75, 3.05) is 40.8 Å². The van der Waals surface area contributed by atoms with E-state index < -0.39 is 66.8 Å². The smallest absolute Gasteiger partial charge is 0.310 e. The number of terminal acetylenes is 1. The molecule has 0 radical (unpaired) electrons. The number of aliphatic hydroxyl groups is 2. The molecule has 2 N–H and O–H groups in total. The van der Waals surface area contributed by atoms with E-state index in [0.29, 0.717) is 51.2 Å². The minimum Gasteiger partial charge on any atom is -0.493 e. The number of esters is 1. The SMILES string of the molecule is C#CCOc1ccccc1COc1c(OC)cc([C@@H]2c3cc4c(cc3[C@@H](O[C@@H]3O[C@@H]5CO[C@@H](C)O[C@H]5[C@H](O)[C@H]3O)[C@H]3COC(=O)[C@H]23)OCO4)cc1OC. The summed E-state index contributed by atoms with van der Waals surface area (Å²) >= 11 is 0. The van der Waals surface area contributed by atoms with Crippen molar-refractivity contribution in [1.29, 1.82) is 0 Å². The largest absolute Gasteiger partial charge is 0.493 e. The van der Waals surface area contributed by atoms with E-state index in [9.17, 15) is 15.0 Å². The molecule has 3 aromatic carbocycles. The number of aliphatic hydroxyl groups excluding tert-OH is 2. The highest BCUT2D eigenvalue weighted by molar-refractivity contribution is 5.79. The zero-order valence-corrected chi connectivity index (χ0v) is 29.3. The number of methoxy groups -OCH3 is 2. The van der Waals surface area contributed by atoms with Crippen molar-refractivity contribution in [2.45, 2.75) is 62.5 Å². The molecule has 280 valence electrons. The highest BCUT2D eigenvalue weighted by Gasteiger charge is 2.56. The lowest BCUT2D eigenvalue weighted by Crippen LogP contribution is -2.63. The molecule has 53 heavy (non-hydrogen) atoms. The second kappa shape index (κ2) is 14.6. The maximum atomic E-state index is 13.8. The van der Waals surface area contributed by atoms with Crippen LogP contribution >= 0.6 is 0 Å². The van der Waals surface area contributed by atoms with Gasteiger partial charge in [0, 0.05) is 17.4 Å². The topological polar surface area (TPSA) is 159 Å². The zero-order valence-electron chi connectivity index (χ0n) is 29.3. The van der Waals surface area contributed by atoms with Gasteiger partial charge in [0.1, 0.15) is 43.4 Å². The first-order valence-corrected chi connectivity index (χ1v) is 17.4. The van der Waals surface area contributed by atoms with E-state index in [-0.39, 0.29) is 33.2 Å². The van der Waals surface area contributed by atoms with E-state index in [4.69, 9.17) is 58.5 Å². The van der Waals surface area contributed by atoms with Crippen molar-refractivity contribution < 1.29 is 67.1 Å². The molecule has 10 atom stereocenters. The molecule has 0 unspecified atom stereocenters. The Balaban J connectivity index is 1.16. The summed E-state index contributed by atoms with van der Waals surface area (Å²) in [7, 11) is 3.05. The molecule has 4 heterocycles. The van der Waals surface area contributed by atoms with Gasteiger partial charge >= 0.3 is 5.97 Å². The predicted octanol–water partition coefficient (Wildman–Crippen LogP) is 3.22. The van der Waals surface area contributed by atoms with E-state index in [1.807, 2.05) is 48.5 Å². The van der Waals surface area contributed by atoms with Gasteiger partial charge in [-0.3, -0.25) is 4.79 Å². The number of fused-ring (bicyclic) bond motifs is 4. The van der Waals surface area contributed by atoms with Gasteiger partial charge in [0.2, 0.25) is 12.5 Å². The minimum atomic E-state index is -1.45. The number of rotatable bonds is 10. The van der Waals surface area contributed by atoms with E-state index in [0.717, 1.165) is 5.56 Å². The van der Waals surface area contributed by atoms with Crippen molar-refractivity contribution in [3.63, 3.8) is 0 Å². The first-order valence-electron chi connectivity index (χ1n) is 17.4. The number of carbonyl (C=O) groups is 1. The van der Waals surface area contributed by atoms with Gasteiger partial charge in [-0.1, -0.05) is 24.1 Å². The molecule has 1 aliphatic carbocycles. The van der Waals surface area contributed by atoms with Gasteiger partial charge in [-0.05, 0) is 53.9 Å². The molecule has 0 spiro atoms. The third kappa shape index (κ3) is 6.37. The Morgan fingerprint density at radius 2 is 1.62 bits per heavy atom. The predicted molar refractivity (Wildman–Crippen MR) is 182 cm³/mol. The molecular formula is C39H40O14. The summed E-state index contributed by atoms with van der Waals surface area (Å²) in [6, 6.07) is 14.7. The fraction of sp³-hybridized carbons (Fsp3) is 0.462. The number of ether oxygens (including phenoxy) is 11. The van der Waals surface area contributed by atoms with Crippen LogP contribution in [0.5, 0.6) is 34.5 Å². The molecule has 0 bridgehead atoms. The number of para-hydroxylation sites is 1. The van der Waals surface area contributed by atoms with E-state index in [2.05, 4.69) is 5.92 Å². The zero-order chi connectivity index (χ0) is 36.8. The Bertz CT molecular complexity index is 1860. The van der Waals surface area contributed by atoms with Crippen LogP contribution in [0.3, 0.4) is 0 Å². The lowest BCUT2D eigenvalue weighted by atomic mass is 9.66. The van der Waals surface area contributed by atoms with Crippen molar-refractivity contribution in [3.8, 4) is 46.8 Å². The molecule has 3 aromatic rings. The third-order valence-electron chi connectivity index (χ3n) is 10.4. The number of carbonyl (C=O) groups excluding carboxylic acids is 1. The van der Waals surface area contributed by atoms with Gasteiger partial charge in [-0.25, -0.2) is 0 Å². The van der Waals surface area contributed by atoms with Crippen LogP contribution in [-0.2, 0) is 35.1 Å². The first kappa shape index (κ1) is 35.3. The second-order valence-corrected chi connectivity index (χ2v) is 13.4. The summed E-state index contributed by atoms with van der Waals surface area (Å²) in [4.78, 5) is 13.8. The lowest BCUT2D eigenvalue weighted by Gasteiger charge is -2.47. The molecule has 3 saturated heterocycles.